The smallest absolute Gasteiger partial charge is 0.243 e. The van der Waals surface area contributed by atoms with E-state index in [2.05, 4.69) is 37.4 Å². The zero-order valence-electron chi connectivity index (χ0n) is 18.4. The minimum Gasteiger partial charge on any atom is -0.494 e. The Bertz CT molecular complexity index is 956. The quantitative estimate of drug-likeness (QED) is 0.621. The molecule has 0 radical (unpaired) electrons. The molecule has 0 aliphatic heterocycles. The van der Waals surface area contributed by atoms with Gasteiger partial charge in [0.15, 0.2) is 0 Å². The number of hydrogen-bond acceptors (Lipinski definition) is 4. The molecule has 0 heterocycles. The number of hydrogen-bond donors (Lipinski definition) is 1. The molecule has 0 unspecified atom stereocenters. The largest absolute Gasteiger partial charge is 0.494 e. The lowest BCUT2D eigenvalue weighted by molar-refractivity contribution is -0.122. The van der Waals surface area contributed by atoms with Crippen LogP contribution in [0.4, 0.5) is 5.69 Å². The van der Waals surface area contributed by atoms with Crippen molar-refractivity contribution in [2.24, 2.45) is 0 Å². The molecule has 7 heteroatoms. The molecule has 0 spiro atoms. The number of benzene rings is 2. The van der Waals surface area contributed by atoms with Crippen LogP contribution in [0.25, 0.3) is 0 Å². The van der Waals surface area contributed by atoms with Crippen LogP contribution in [0, 0.1) is 0 Å². The molecule has 2 rings (SSSR count). The summed E-state index contributed by atoms with van der Waals surface area (Å²) < 4.78 is 31.5. The molecule has 0 fully saturated rings. The average molecular weight is 433 g/mol. The molecular formula is C23H32N2O4S. The molecular weight excluding hydrogens is 400 g/mol. The molecule has 0 saturated heterocycles. The Morgan fingerprint density at radius 2 is 1.70 bits per heavy atom. The number of carbonyl (C=O) groups excluding carboxylic acids is 1. The van der Waals surface area contributed by atoms with Gasteiger partial charge in [-0.25, -0.2) is 8.42 Å². The number of nitrogens with one attached hydrogen (secondary N) is 1. The van der Waals surface area contributed by atoms with Gasteiger partial charge in [0.05, 0.1) is 18.6 Å². The predicted octanol–water partition coefficient (Wildman–Crippen LogP) is 3.68. The number of nitrogens with zero attached hydrogens (tertiary/aromatic N) is 1. The Kier molecular flexibility index (Phi) is 8.29. The van der Waals surface area contributed by atoms with Crippen LogP contribution < -0.4 is 14.4 Å². The number of rotatable bonds is 10. The summed E-state index contributed by atoms with van der Waals surface area (Å²) in [5.74, 6) is 0.299. The lowest BCUT2D eigenvalue weighted by Crippen LogP contribution is -2.47. The van der Waals surface area contributed by atoms with Gasteiger partial charge in [-0.2, -0.15) is 0 Å². The molecule has 0 bridgehead atoms. The second-order valence-corrected chi connectivity index (χ2v) is 9.05. The van der Waals surface area contributed by atoms with E-state index in [9.17, 15) is 13.2 Å². The van der Waals surface area contributed by atoms with Crippen LogP contribution in [-0.2, 0) is 34.2 Å². The number of aryl methyl sites for hydroxylation is 2. The molecule has 6 nitrogen and oxygen atoms in total. The molecule has 164 valence electrons. The van der Waals surface area contributed by atoms with Crippen molar-refractivity contribution in [2.75, 3.05) is 17.2 Å². The summed E-state index contributed by atoms with van der Waals surface area (Å²) in [4.78, 5) is 12.9. The Labute approximate surface area is 180 Å². The lowest BCUT2D eigenvalue weighted by Gasteiger charge is -2.28. The molecule has 1 atom stereocenters. The molecule has 0 aliphatic carbocycles. The van der Waals surface area contributed by atoms with Gasteiger partial charge in [-0.3, -0.25) is 9.10 Å². The Morgan fingerprint density at radius 1 is 1.03 bits per heavy atom. The maximum absolute atomic E-state index is 12.9. The van der Waals surface area contributed by atoms with E-state index < -0.39 is 16.1 Å². The van der Waals surface area contributed by atoms with Gasteiger partial charge >= 0.3 is 0 Å². The zero-order valence-corrected chi connectivity index (χ0v) is 19.3. The highest BCUT2D eigenvalue weighted by Crippen LogP contribution is 2.24. The standard InChI is InChI=1S/C23H32N2O4S/c1-6-18-9-10-19(7-2)20(15-18)16-24-23(26)17(4)25(30(5,27)28)21-11-13-22(14-12-21)29-8-3/h9-15,17H,6-8,16H2,1-5H3,(H,24,26)/t17-/m0/s1. The van der Waals surface area contributed by atoms with Gasteiger partial charge in [-0.1, -0.05) is 32.0 Å². The average Bonchev–Trinajstić information content (AvgIpc) is 2.72. The minimum atomic E-state index is -3.66. The van der Waals surface area contributed by atoms with Gasteiger partial charge in [0.2, 0.25) is 15.9 Å². The monoisotopic (exact) mass is 432 g/mol. The first-order chi connectivity index (χ1) is 14.2. The predicted molar refractivity (Wildman–Crippen MR) is 121 cm³/mol. The second kappa shape index (κ2) is 10.5. The number of amides is 1. The summed E-state index contributed by atoms with van der Waals surface area (Å²) in [6.07, 6.45) is 2.89. The van der Waals surface area contributed by atoms with E-state index in [0.717, 1.165) is 29.0 Å². The van der Waals surface area contributed by atoms with Crippen molar-refractivity contribution in [2.45, 2.75) is 53.1 Å². The third kappa shape index (κ3) is 5.98. The van der Waals surface area contributed by atoms with Crippen molar-refractivity contribution in [3.05, 3.63) is 59.2 Å². The van der Waals surface area contributed by atoms with Gasteiger partial charge in [-0.05, 0) is 67.6 Å². The van der Waals surface area contributed by atoms with Crippen molar-refractivity contribution < 1.29 is 17.9 Å². The second-order valence-electron chi connectivity index (χ2n) is 7.19. The summed E-state index contributed by atoms with van der Waals surface area (Å²) in [6, 6.07) is 12.1. The highest BCUT2D eigenvalue weighted by molar-refractivity contribution is 7.92. The van der Waals surface area contributed by atoms with Crippen LogP contribution in [0.2, 0.25) is 0 Å². The number of ether oxygens (including phenoxy) is 1. The van der Waals surface area contributed by atoms with Crippen LogP contribution in [0.3, 0.4) is 0 Å². The van der Waals surface area contributed by atoms with Crippen LogP contribution in [0.15, 0.2) is 42.5 Å². The number of anilines is 1. The highest BCUT2D eigenvalue weighted by Gasteiger charge is 2.29. The van der Waals surface area contributed by atoms with E-state index in [4.69, 9.17) is 4.74 Å². The maximum atomic E-state index is 12.9. The first-order valence-electron chi connectivity index (χ1n) is 10.3. The van der Waals surface area contributed by atoms with E-state index >= 15 is 0 Å². The minimum absolute atomic E-state index is 0.349. The summed E-state index contributed by atoms with van der Waals surface area (Å²) >= 11 is 0. The van der Waals surface area contributed by atoms with E-state index in [0.29, 0.717) is 24.6 Å². The van der Waals surface area contributed by atoms with Crippen molar-refractivity contribution in [3.63, 3.8) is 0 Å². The first kappa shape index (κ1) is 23.7. The van der Waals surface area contributed by atoms with E-state index in [1.165, 1.54) is 11.1 Å². The van der Waals surface area contributed by atoms with E-state index in [1.54, 1.807) is 31.2 Å². The lowest BCUT2D eigenvalue weighted by atomic mass is 10.0. The van der Waals surface area contributed by atoms with Crippen LogP contribution in [-0.4, -0.2) is 33.2 Å². The molecule has 0 aromatic heterocycles. The van der Waals surface area contributed by atoms with E-state index in [1.807, 2.05) is 6.92 Å². The fraction of sp³-hybridized carbons (Fsp3) is 0.435. The van der Waals surface area contributed by atoms with Crippen molar-refractivity contribution in [1.29, 1.82) is 0 Å². The SMILES string of the molecule is CCOc1ccc(N([C@@H](C)C(=O)NCc2cc(CC)ccc2CC)S(C)(=O)=O)cc1. The third-order valence-electron chi connectivity index (χ3n) is 5.00. The number of sulfonamides is 1. The fourth-order valence-electron chi connectivity index (χ4n) is 3.40. The van der Waals surface area contributed by atoms with Gasteiger partial charge in [0.1, 0.15) is 11.8 Å². The Balaban J connectivity index is 2.20. The Hall–Kier alpha value is -2.54. The fourth-order valence-corrected chi connectivity index (χ4v) is 4.58. The zero-order chi connectivity index (χ0) is 22.3. The molecule has 2 aromatic rings. The van der Waals surface area contributed by atoms with Crippen LogP contribution in [0.5, 0.6) is 5.75 Å². The first-order valence-corrected chi connectivity index (χ1v) is 12.2. The molecule has 0 aliphatic rings. The number of carbonyl (C=O) groups is 1. The van der Waals surface area contributed by atoms with Crippen molar-refractivity contribution in [3.8, 4) is 5.75 Å². The summed E-state index contributed by atoms with van der Waals surface area (Å²) in [5.41, 5.74) is 3.86. The van der Waals surface area contributed by atoms with Gasteiger partial charge in [0.25, 0.3) is 0 Å². The van der Waals surface area contributed by atoms with Gasteiger partial charge < -0.3 is 10.1 Å². The van der Waals surface area contributed by atoms with Crippen LogP contribution in [0.1, 0.15) is 44.4 Å². The maximum Gasteiger partial charge on any atom is 0.243 e. The highest BCUT2D eigenvalue weighted by atomic mass is 32.2. The molecule has 0 saturated carbocycles. The van der Waals surface area contributed by atoms with Crippen LogP contribution >= 0.6 is 0 Å². The molecule has 1 amide bonds. The summed E-state index contributed by atoms with van der Waals surface area (Å²) in [5, 5.41) is 2.91. The third-order valence-corrected chi connectivity index (χ3v) is 6.25. The Morgan fingerprint density at radius 3 is 2.23 bits per heavy atom. The van der Waals surface area contributed by atoms with Gasteiger partial charge in [0, 0.05) is 6.54 Å². The summed E-state index contributed by atoms with van der Waals surface area (Å²) in [6.45, 7) is 8.52. The molecule has 1 N–H and O–H groups in total. The van der Waals surface area contributed by atoms with E-state index in [-0.39, 0.29) is 5.91 Å². The normalized spacial score (nSPS) is 12.3. The van der Waals surface area contributed by atoms with Gasteiger partial charge in [-0.15, -0.1) is 0 Å². The van der Waals surface area contributed by atoms with Crippen molar-refractivity contribution in [1.82, 2.24) is 5.32 Å². The summed E-state index contributed by atoms with van der Waals surface area (Å²) in [7, 11) is -3.66. The molecule has 2 aromatic carbocycles. The van der Waals surface area contributed by atoms with Crippen molar-refractivity contribution >= 4 is 21.6 Å². The topological polar surface area (TPSA) is 75.7 Å². The molecule has 30 heavy (non-hydrogen) atoms.